The van der Waals surface area contributed by atoms with E-state index >= 15 is 0 Å². The molecule has 0 atom stereocenters. The molecule has 3 rings (SSSR count). The van der Waals surface area contributed by atoms with Gasteiger partial charge in [0.05, 0.1) is 6.61 Å². The molecule has 3 aromatic carbocycles. The van der Waals surface area contributed by atoms with Gasteiger partial charge >= 0.3 is 0 Å². The second-order valence-electron chi connectivity index (χ2n) is 6.57. The molecule has 0 aromatic heterocycles. The maximum Gasteiger partial charge on any atom is 0.266 e. The predicted octanol–water partition coefficient (Wildman–Crippen LogP) is 5.97. The number of hydrogen-bond acceptors (Lipinski definition) is 4. The zero-order valence-corrected chi connectivity index (χ0v) is 18.6. The minimum Gasteiger partial charge on any atom is -0.494 e. The van der Waals surface area contributed by atoms with E-state index in [0.29, 0.717) is 24.7 Å². The predicted molar refractivity (Wildman–Crippen MR) is 125 cm³/mol. The summed E-state index contributed by atoms with van der Waals surface area (Å²) in [6.45, 7) is 2.85. The maximum absolute atomic E-state index is 12.5. The van der Waals surface area contributed by atoms with E-state index in [0.717, 1.165) is 21.3 Å². The Morgan fingerprint density at radius 2 is 1.77 bits per heavy atom. The fourth-order valence-electron chi connectivity index (χ4n) is 2.75. The Balaban J connectivity index is 1.63. The summed E-state index contributed by atoms with van der Waals surface area (Å²) in [5.74, 6) is 0.964. The van der Waals surface area contributed by atoms with Crippen molar-refractivity contribution in [3.8, 4) is 17.6 Å². The minimum absolute atomic E-state index is 0.0145. The van der Waals surface area contributed by atoms with Crippen LogP contribution in [0, 0.1) is 11.3 Å². The van der Waals surface area contributed by atoms with Crippen molar-refractivity contribution in [3.63, 3.8) is 0 Å². The molecule has 0 aliphatic carbocycles. The van der Waals surface area contributed by atoms with Gasteiger partial charge in [0.1, 0.15) is 29.7 Å². The van der Waals surface area contributed by atoms with Gasteiger partial charge in [-0.25, -0.2) is 0 Å². The van der Waals surface area contributed by atoms with E-state index in [1.54, 1.807) is 24.3 Å². The summed E-state index contributed by atoms with van der Waals surface area (Å²) in [4.78, 5) is 12.5. The topological polar surface area (TPSA) is 71.3 Å². The number of hydrogen-bond donors (Lipinski definition) is 1. The highest BCUT2D eigenvalue weighted by Gasteiger charge is 2.10. The molecule has 0 unspecified atom stereocenters. The van der Waals surface area contributed by atoms with Gasteiger partial charge in [0.25, 0.3) is 5.91 Å². The molecule has 0 saturated heterocycles. The number of carbonyl (C=O) groups excluding carboxylic acids is 1. The van der Waals surface area contributed by atoms with Crippen LogP contribution in [0.25, 0.3) is 6.08 Å². The zero-order valence-electron chi connectivity index (χ0n) is 17.0. The van der Waals surface area contributed by atoms with Gasteiger partial charge in [-0.1, -0.05) is 46.3 Å². The van der Waals surface area contributed by atoms with Crippen LogP contribution in [-0.2, 0) is 11.4 Å². The SMILES string of the molecule is CCOc1cccc(NC(=O)/C(C#N)=C/c2ccc(COc3ccc(Br)cc3)cc2)c1. The molecule has 0 saturated carbocycles. The number of benzene rings is 3. The van der Waals surface area contributed by atoms with Crippen molar-refractivity contribution in [3.05, 3.63) is 94.0 Å². The number of nitrogens with one attached hydrogen (secondary N) is 1. The fourth-order valence-corrected chi connectivity index (χ4v) is 3.02. The number of ether oxygens (including phenoxy) is 2. The van der Waals surface area contributed by atoms with Crippen molar-refractivity contribution in [1.29, 1.82) is 5.26 Å². The van der Waals surface area contributed by atoms with Gasteiger partial charge in [-0.3, -0.25) is 4.79 Å². The van der Waals surface area contributed by atoms with Crippen molar-refractivity contribution in [1.82, 2.24) is 0 Å². The van der Waals surface area contributed by atoms with Crippen LogP contribution in [0.1, 0.15) is 18.1 Å². The molecule has 0 radical (unpaired) electrons. The number of rotatable bonds is 8. The highest BCUT2D eigenvalue weighted by atomic mass is 79.9. The lowest BCUT2D eigenvalue weighted by Gasteiger charge is -2.08. The maximum atomic E-state index is 12.5. The van der Waals surface area contributed by atoms with E-state index in [2.05, 4.69) is 21.2 Å². The number of amides is 1. The monoisotopic (exact) mass is 476 g/mol. The summed E-state index contributed by atoms with van der Waals surface area (Å²) in [6, 6.07) is 24.2. The number of nitrogens with zero attached hydrogens (tertiary/aromatic N) is 1. The average Bonchev–Trinajstić information content (AvgIpc) is 2.78. The molecule has 0 spiro atoms. The van der Waals surface area contributed by atoms with Crippen LogP contribution in [-0.4, -0.2) is 12.5 Å². The molecular weight excluding hydrogens is 456 g/mol. The van der Waals surface area contributed by atoms with Crippen LogP contribution in [0.4, 0.5) is 5.69 Å². The van der Waals surface area contributed by atoms with Crippen LogP contribution >= 0.6 is 15.9 Å². The summed E-state index contributed by atoms with van der Waals surface area (Å²) in [5.41, 5.74) is 2.32. The third-order valence-electron chi connectivity index (χ3n) is 4.28. The third kappa shape index (κ3) is 6.73. The number of carbonyl (C=O) groups is 1. The lowest BCUT2D eigenvalue weighted by atomic mass is 10.1. The Morgan fingerprint density at radius 3 is 2.45 bits per heavy atom. The Bertz CT molecular complexity index is 1100. The van der Waals surface area contributed by atoms with E-state index in [9.17, 15) is 10.1 Å². The first-order valence-electron chi connectivity index (χ1n) is 9.70. The largest absolute Gasteiger partial charge is 0.494 e. The normalized spacial score (nSPS) is 10.8. The number of nitriles is 1. The van der Waals surface area contributed by atoms with E-state index in [4.69, 9.17) is 9.47 Å². The van der Waals surface area contributed by atoms with Crippen molar-refractivity contribution >= 4 is 33.6 Å². The van der Waals surface area contributed by atoms with E-state index in [-0.39, 0.29) is 5.57 Å². The molecule has 5 nitrogen and oxygen atoms in total. The van der Waals surface area contributed by atoms with Crippen molar-refractivity contribution in [2.75, 3.05) is 11.9 Å². The molecule has 6 heteroatoms. The van der Waals surface area contributed by atoms with Crippen LogP contribution < -0.4 is 14.8 Å². The second-order valence-corrected chi connectivity index (χ2v) is 7.48. The molecule has 31 heavy (non-hydrogen) atoms. The molecule has 0 aliphatic rings. The van der Waals surface area contributed by atoms with E-state index < -0.39 is 5.91 Å². The zero-order chi connectivity index (χ0) is 22.1. The van der Waals surface area contributed by atoms with Gasteiger partial charge in [-0.15, -0.1) is 0 Å². The van der Waals surface area contributed by atoms with Gasteiger partial charge in [-0.2, -0.15) is 5.26 Å². The van der Waals surface area contributed by atoms with Crippen molar-refractivity contribution in [2.24, 2.45) is 0 Å². The van der Waals surface area contributed by atoms with Gasteiger partial charge in [0.2, 0.25) is 0 Å². The first-order chi connectivity index (χ1) is 15.1. The van der Waals surface area contributed by atoms with Crippen LogP contribution in [0.15, 0.2) is 82.8 Å². The number of anilines is 1. The smallest absolute Gasteiger partial charge is 0.266 e. The van der Waals surface area contributed by atoms with Crippen molar-refractivity contribution < 1.29 is 14.3 Å². The average molecular weight is 477 g/mol. The van der Waals surface area contributed by atoms with Crippen LogP contribution in [0.5, 0.6) is 11.5 Å². The fraction of sp³-hybridized carbons (Fsp3) is 0.120. The van der Waals surface area contributed by atoms with Gasteiger partial charge in [0.15, 0.2) is 0 Å². The van der Waals surface area contributed by atoms with Crippen LogP contribution in [0.3, 0.4) is 0 Å². The molecular formula is C25H21BrN2O3. The first kappa shape index (κ1) is 22.1. The van der Waals surface area contributed by atoms with Gasteiger partial charge in [-0.05, 0) is 60.5 Å². The van der Waals surface area contributed by atoms with E-state index in [1.165, 1.54) is 0 Å². The molecule has 0 bridgehead atoms. The first-order valence-corrected chi connectivity index (χ1v) is 10.5. The summed E-state index contributed by atoms with van der Waals surface area (Å²) in [5, 5.41) is 12.2. The Hall–Kier alpha value is -3.56. The quantitative estimate of drug-likeness (QED) is 0.321. The lowest BCUT2D eigenvalue weighted by Crippen LogP contribution is -2.13. The highest BCUT2D eigenvalue weighted by molar-refractivity contribution is 9.10. The molecule has 0 heterocycles. The molecule has 0 aliphatic heterocycles. The summed E-state index contributed by atoms with van der Waals surface area (Å²) in [6.07, 6.45) is 1.56. The Labute approximate surface area is 190 Å². The lowest BCUT2D eigenvalue weighted by molar-refractivity contribution is -0.112. The number of halogens is 1. The van der Waals surface area contributed by atoms with Crippen molar-refractivity contribution in [2.45, 2.75) is 13.5 Å². The Morgan fingerprint density at radius 1 is 1.03 bits per heavy atom. The summed E-state index contributed by atoms with van der Waals surface area (Å²) < 4.78 is 12.2. The Kier molecular flexibility index (Phi) is 7.85. The van der Waals surface area contributed by atoms with Gasteiger partial charge in [0, 0.05) is 16.2 Å². The van der Waals surface area contributed by atoms with Gasteiger partial charge < -0.3 is 14.8 Å². The molecule has 0 fully saturated rings. The highest BCUT2D eigenvalue weighted by Crippen LogP contribution is 2.19. The summed E-state index contributed by atoms with van der Waals surface area (Å²) in [7, 11) is 0. The van der Waals surface area contributed by atoms with Crippen LogP contribution in [0.2, 0.25) is 0 Å². The minimum atomic E-state index is -0.473. The second kappa shape index (κ2) is 11.0. The molecule has 1 amide bonds. The summed E-state index contributed by atoms with van der Waals surface area (Å²) >= 11 is 3.39. The molecule has 156 valence electrons. The molecule has 3 aromatic rings. The van der Waals surface area contributed by atoms with E-state index in [1.807, 2.05) is 67.6 Å². The third-order valence-corrected chi connectivity index (χ3v) is 4.81. The standard InChI is InChI=1S/C25H21BrN2O3/c1-2-30-24-5-3-4-22(15-24)28-25(29)20(16-27)14-18-6-8-19(9-7-18)17-31-23-12-10-21(26)11-13-23/h3-15H,2,17H2,1H3,(H,28,29)/b20-14+. The molecule has 1 N–H and O–H groups in total.